The van der Waals surface area contributed by atoms with Crippen LogP contribution in [0.1, 0.15) is 68.6 Å². The van der Waals surface area contributed by atoms with Crippen LogP contribution < -0.4 is 14.8 Å². The smallest absolute Gasteiger partial charge is 0.175 e. The Labute approximate surface area is 184 Å². The monoisotopic (exact) mass is 459 g/mol. The van der Waals surface area contributed by atoms with Crippen LogP contribution in [0.25, 0.3) is 0 Å². The van der Waals surface area contributed by atoms with Gasteiger partial charge in [0.1, 0.15) is 6.61 Å². The van der Waals surface area contributed by atoms with Crippen molar-refractivity contribution < 1.29 is 9.47 Å². The predicted molar refractivity (Wildman–Crippen MR) is 124 cm³/mol. The molecule has 0 saturated heterocycles. The third kappa shape index (κ3) is 6.75. The van der Waals surface area contributed by atoms with Crippen molar-refractivity contribution in [3.8, 4) is 11.5 Å². The Kier molecular flexibility index (Phi) is 8.88. The Balaban J connectivity index is 1.67. The highest BCUT2D eigenvalue weighted by atomic mass is 79.9. The summed E-state index contributed by atoms with van der Waals surface area (Å²) in [6, 6.07) is 13.2. The Bertz CT molecular complexity index is 769. The number of ether oxygens (including phenoxy) is 2. The average Bonchev–Trinajstić information content (AvgIpc) is 2.68. The Morgan fingerprint density at radius 2 is 1.72 bits per heavy atom. The van der Waals surface area contributed by atoms with Crippen molar-refractivity contribution in [2.45, 2.75) is 78.0 Å². The molecule has 0 bridgehead atoms. The maximum atomic E-state index is 6.17. The number of hydrogen-bond donors (Lipinski definition) is 1. The zero-order valence-electron chi connectivity index (χ0n) is 17.8. The lowest BCUT2D eigenvalue weighted by molar-refractivity contribution is 0.267. The van der Waals surface area contributed by atoms with Crippen molar-refractivity contribution in [2.24, 2.45) is 0 Å². The van der Waals surface area contributed by atoms with Gasteiger partial charge in [0.25, 0.3) is 0 Å². The quantitative estimate of drug-likeness (QED) is 0.463. The summed E-state index contributed by atoms with van der Waals surface area (Å²) in [5.41, 5.74) is 3.66. The second-order valence-corrected chi connectivity index (χ2v) is 8.83. The van der Waals surface area contributed by atoms with Crippen LogP contribution in [0.2, 0.25) is 0 Å². The highest BCUT2D eigenvalue weighted by Crippen LogP contribution is 2.37. The molecule has 4 heteroatoms. The summed E-state index contributed by atoms with van der Waals surface area (Å²) in [4.78, 5) is 0. The Hall–Kier alpha value is -1.52. The lowest BCUT2D eigenvalue weighted by Gasteiger charge is -2.22. The third-order valence-electron chi connectivity index (χ3n) is 5.70. The molecule has 29 heavy (non-hydrogen) atoms. The zero-order chi connectivity index (χ0) is 20.5. The van der Waals surface area contributed by atoms with Crippen molar-refractivity contribution in [3.05, 3.63) is 57.6 Å². The zero-order valence-corrected chi connectivity index (χ0v) is 19.4. The molecule has 0 radical (unpaired) electrons. The fourth-order valence-corrected chi connectivity index (χ4v) is 4.57. The Morgan fingerprint density at radius 1 is 1.00 bits per heavy atom. The van der Waals surface area contributed by atoms with Crippen LogP contribution in [0.15, 0.2) is 40.9 Å². The van der Waals surface area contributed by atoms with Crippen LogP contribution in [0.4, 0.5) is 0 Å². The summed E-state index contributed by atoms with van der Waals surface area (Å²) in [5.74, 6) is 1.59. The van der Waals surface area contributed by atoms with Gasteiger partial charge in [-0.15, -0.1) is 0 Å². The van der Waals surface area contributed by atoms with Crippen molar-refractivity contribution in [2.75, 3.05) is 6.61 Å². The van der Waals surface area contributed by atoms with E-state index in [-0.39, 0.29) is 0 Å². The van der Waals surface area contributed by atoms with Crippen LogP contribution >= 0.6 is 15.9 Å². The van der Waals surface area contributed by atoms with Gasteiger partial charge in [-0.1, -0.05) is 56.4 Å². The molecule has 0 aromatic heterocycles. The molecule has 3 nitrogen and oxygen atoms in total. The maximum Gasteiger partial charge on any atom is 0.175 e. The lowest BCUT2D eigenvalue weighted by atomic mass is 9.96. The van der Waals surface area contributed by atoms with Gasteiger partial charge in [-0.05, 0) is 71.4 Å². The van der Waals surface area contributed by atoms with Crippen molar-refractivity contribution in [1.29, 1.82) is 0 Å². The van der Waals surface area contributed by atoms with Gasteiger partial charge in [-0.2, -0.15) is 0 Å². The van der Waals surface area contributed by atoms with E-state index < -0.39 is 0 Å². The van der Waals surface area contributed by atoms with Gasteiger partial charge in [0.2, 0.25) is 0 Å². The van der Waals surface area contributed by atoms with E-state index in [1.165, 1.54) is 61.6 Å². The van der Waals surface area contributed by atoms with E-state index in [0.717, 1.165) is 22.5 Å². The number of aryl methyl sites for hydroxylation is 1. The van der Waals surface area contributed by atoms with Gasteiger partial charge in [-0.25, -0.2) is 0 Å². The van der Waals surface area contributed by atoms with Crippen LogP contribution in [0.5, 0.6) is 11.5 Å². The molecule has 0 aliphatic heterocycles. The van der Waals surface area contributed by atoms with Crippen LogP contribution in [0, 0.1) is 6.92 Å². The summed E-state index contributed by atoms with van der Waals surface area (Å²) in [6.07, 6.45) is 9.43. The minimum Gasteiger partial charge on any atom is -0.490 e. The first-order chi connectivity index (χ1) is 14.2. The highest BCUT2D eigenvalue weighted by Gasteiger charge is 2.15. The van der Waals surface area contributed by atoms with E-state index in [1.54, 1.807) is 0 Å². The predicted octanol–water partition coefficient (Wildman–Crippen LogP) is 6.94. The third-order valence-corrected chi connectivity index (χ3v) is 6.29. The van der Waals surface area contributed by atoms with Gasteiger partial charge >= 0.3 is 0 Å². The molecule has 0 atom stereocenters. The summed E-state index contributed by atoms with van der Waals surface area (Å²) >= 11 is 3.72. The van der Waals surface area contributed by atoms with Gasteiger partial charge in [0, 0.05) is 12.6 Å². The molecule has 3 rings (SSSR count). The lowest BCUT2D eigenvalue weighted by Crippen LogP contribution is -2.29. The van der Waals surface area contributed by atoms with Crippen molar-refractivity contribution in [3.63, 3.8) is 0 Å². The Morgan fingerprint density at radius 3 is 2.45 bits per heavy atom. The SMILES string of the molecule is CCOc1cc(CNC2CCCCCCC2)cc(Br)c1OCc1ccccc1C. The topological polar surface area (TPSA) is 30.5 Å². The fourth-order valence-electron chi connectivity index (χ4n) is 3.97. The first kappa shape index (κ1) is 22.2. The van der Waals surface area contributed by atoms with Gasteiger partial charge in [0.05, 0.1) is 11.1 Å². The summed E-state index contributed by atoms with van der Waals surface area (Å²) in [7, 11) is 0. The number of halogens is 1. The minimum atomic E-state index is 0.533. The van der Waals surface area contributed by atoms with Crippen molar-refractivity contribution >= 4 is 15.9 Å². The normalized spacial score (nSPS) is 15.6. The van der Waals surface area contributed by atoms with Crippen LogP contribution in [0.3, 0.4) is 0 Å². The van der Waals surface area contributed by atoms with Crippen molar-refractivity contribution in [1.82, 2.24) is 5.32 Å². The molecular weight excluding hydrogens is 426 g/mol. The number of nitrogens with one attached hydrogen (secondary N) is 1. The second-order valence-electron chi connectivity index (χ2n) is 7.98. The van der Waals surface area contributed by atoms with E-state index in [9.17, 15) is 0 Å². The highest BCUT2D eigenvalue weighted by molar-refractivity contribution is 9.10. The number of rotatable bonds is 8. The molecule has 1 aliphatic rings. The largest absolute Gasteiger partial charge is 0.490 e. The van der Waals surface area contributed by atoms with E-state index in [1.807, 2.05) is 6.92 Å². The van der Waals surface area contributed by atoms with E-state index >= 15 is 0 Å². The molecule has 2 aromatic carbocycles. The van der Waals surface area contributed by atoms with Crippen LogP contribution in [-0.4, -0.2) is 12.6 Å². The van der Waals surface area contributed by atoms with E-state index in [2.05, 4.69) is 64.6 Å². The number of hydrogen-bond acceptors (Lipinski definition) is 3. The molecule has 1 saturated carbocycles. The number of benzene rings is 2. The average molecular weight is 460 g/mol. The summed E-state index contributed by atoms with van der Waals surface area (Å²) < 4.78 is 13.0. The molecule has 0 spiro atoms. The van der Waals surface area contributed by atoms with Gasteiger partial charge in [0.15, 0.2) is 11.5 Å². The molecule has 0 unspecified atom stereocenters. The summed E-state index contributed by atoms with van der Waals surface area (Å²) in [5, 5.41) is 3.77. The molecule has 2 aromatic rings. The molecule has 158 valence electrons. The molecule has 1 N–H and O–H groups in total. The fraction of sp³-hybridized carbons (Fsp3) is 0.520. The molecule has 1 fully saturated rings. The first-order valence-corrected chi connectivity index (χ1v) is 11.8. The first-order valence-electron chi connectivity index (χ1n) is 11.0. The second kappa shape index (κ2) is 11.6. The molecule has 0 amide bonds. The molecule has 1 aliphatic carbocycles. The summed E-state index contributed by atoms with van der Waals surface area (Å²) in [6.45, 7) is 6.14. The van der Waals surface area contributed by atoms with Crippen LogP contribution in [-0.2, 0) is 13.2 Å². The van der Waals surface area contributed by atoms with Gasteiger partial charge in [-0.3, -0.25) is 0 Å². The van der Waals surface area contributed by atoms with E-state index in [4.69, 9.17) is 9.47 Å². The van der Waals surface area contributed by atoms with Gasteiger partial charge < -0.3 is 14.8 Å². The molecular formula is C25H34BrNO2. The van der Waals surface area contributed by atoms with E-state index in [0.29, 0.717) is 19.3 Å². The molecule has 0 heterocycles. The standard InChI is InChI=1S/C25H34BrNO2/c1-3-28-24-16-20(17-27-22-13-7-5-4-6-8-14-22)15-23(26)25(24)29-18-21-12-10-9-11-19(21)2/h9-12,15-16,22,27H,3-8,13-14,17-18H2,1-2H3. The minimum absolute atomic E-state index is 0.533. The maximum absolute atomic E-state index is 6.17.